The van der Waals surface area contributed by atoms with Crippen LogP contribution in [0.3, 0.4) is 0 Å². The van der Waals surface area contributed by atoms with E-state index in [1.807, 2.05) is 37.3 Å². The second-order valence-electron chi connectivity index (χ2n) is 7.72. The van der Waals surface area contributed by atoms with Gasteiger partial charge in [-0.2, -0.15) is 0 Å². The van der Waals surface area contributed by atoms with Crippen LogP contribution in [0.5, 0.6) is 5.75 Å². The van der Waals surface area contributed by atoms with Crippen molar-refractivity contribution in [1.29, 1.82) is 0 Å². The van der Waals surface area contributed by atoms with Crippen LogP contribution in [0.1, 0.15) is 18.1 Å². The van der Waals surface area contributed by atoms with Crippen LogP contribution in [0.15, 0.2) is 71.2 Å². The van der Waals surface area contributed by atoms with Crippen LogP contribution in [0.2, 0.25) is 15.1 Å². The maximum atomic E-state index is 13.5. The Balaban J connectivity index is 1.93. The Morgan fingerprint density at radius 2 is 1.74 bits per heavy atom. The normalized spacial score (nSPS) is 11.6. The van der Waals surface area contributed by atoms with Crippen LogP contribution in [0.25, 0.3) is 0 Å². The standard InChI is InChI=1S/C26H24BrCl3N2O3/c1-2-31-26(34)23(12-17-6-4-3-5-7-17)32(15-18-8-10-20(28)14-21(18)29)25(33)16-35-24-11-9-19(27)13-22(24)30/h3-11,13-14,23H,2,12,15-16H2,1H3,(H,31,34). The number of carbonyl (C=O) groups excluding carboxylic acids is 2. The fourth-order valence-corrected chi connectivity index (χ4v) is 4.69. The first kappa shape index (κ1) is 27.3. The van der Waals surface area contributed by atoms with E-state index >= 15 is 0 Å². The number of amides is 2. The van der Waals surface area contributed by atoms with Gasteiger partial charge in [0.25, 0.3) is 5.91 Å². The molecule has 1 unspecified atom stereocenters. The van der Waals surface area contributed by atoms with Crippen LogP contribution >= 0.6 is 50.7 Å². The van der Waals surface area contributed by atoms with Gasteiger partial charge in [0.1, 0.15) is 11.8 Å². The molecule has 0 bridgehead atoms. The highest BCUT2D eigenvalue weighted by Gasteiger charge is 2.31. The van der Waals surface area contributed by atoms with Gasteiger partial charge in [0, 0.05) is 34.0 Å². The Bertz CT molecular complexity index is 1180. The van der Waals surface area contributed by atoms with Crippen LogP contribution in [0, 0.1) is 0 Å². The molecule has 0 fully saturated rings. The Morgan fingerprint density at radius 3 is 2.40 bits per heavy atom. The topological polar surface area (TPSA) is 58.6 Å². The molecule has 0 aliphatic rings. The van der Waals surface area contributed by atoms with E-state index in [1.54, 1.807) is 36.4 Å². The lowest BCUT2D eigenvalue weighted by atomic mass is 10.0. The molecule has 3 aromatic carbocycles. The smallest absolute Gasteiger partial charge is 0.261 e. The van der Waals surface area contributed by atoms with Gasteiger partial charge in [-0.15, -0.1) is 0 Å². The van der Waals surface area contributed by atoms with Crippen LogP contribution < -0.4 is 10.1 Å². The van der Waals surface area contributed by atoms with E-state index in [1.165, 1.54) is 4.90 Å². The summed E-state index contributed by atoms with van der Waals surface area (Å²) >= 11 is 22.1. The molecule has 2 amide bonds. The first-order valence-electron chi connectivity index (χ1n) is 10.9. The first-order chi connectivity index (χ1) is 16.8. The molecule has 3 aromatic rings. The van der Waals surface area contributed by atoms with E-state index in [4.69, 9.17) is 39.5 Å². The molecule has 0 aromatic heterocycles. The Morgan fingerprint density at radius 1 is 1.00 bits per heavy atom. The summed E-state index contributed by atoms with van der Waals surface area (Å²) in [5.41, 5.74) is 1.58. The SMILES string of the molecule is CCNC(=O)C(Cc1ccccc1)N(Cc1ccc(Cl)cc1Cl)C(=O)COc1ccc(Br)cc1Cl. The van der Waals surface area contributed by atoms with Crippen molar-refractivity contribution in [1.82, 2.24) is 10.2 Å². The molecule has 0 saturated carbocycles. The van der Waals surface area contributed by atoms with Gasteiger partial charge in [-0.25, -0.2) is 0 Å². The lowest BCUT2D eigenvalue weighted by Crippen LogP contribution is -2.51. The number of ether oxygens (including phenoxy) is 1. The van der Waals surface area contributed by atoms with E-state index in [-0.39, 0.29) is 25.0 Å². The largest absolute Gasteiger partial charge is 0.482 e. The number of benzene rings is 3. The van der Waals surface area contributed by atoms with Gasteiger partial charge in [-0.05, 0) is 48.4 Å². The third kappa shape index (κ3) is 7.87. The number of hydrogen-bond donors (Lipinski definition) is 1. The number of hydrogen-bond acceptors (Lipinski definition) is 3. The molecule has 1 atom stereocenters. The van der Waals surface area contributed by atoms with Crippen molar-refractivity contribution in [3.8, 4) is 5.75 Å². The zero-order valence-corrected chi connectivity index (χ0v) is 22.8. The van der Waals surface area contributed by atoms with Gasteiger partial charge in [0.05, 0.1) is 5.02 Å². The van der Waals surface area contributed by atoms with Crippen molar-refractivity contribution in [2.24, 2.45) is 0 Å². The van der Waals surface area contributed by atoms with Crippen molar-refractivity contribution in [2.45, 2.75) is 25.9 Å². The summed E-state index contributed by atoms with van der Waals surface area (Å²) in [5.74, 6) is -0.288. The Kier molecular flexibility index (Phi) is 10.3. The van der Waals surface area contributed by atoms with Crippen molar-refractivity contribution in [3.05, 3.63) is 97.4 Å². The van der Waals surface area contributed by atoms with E-state index in [0.717, 1.165) is 10.0 Å². The lowest BCUT2D eigenvalue weighted by molar-refractivity contribution is -0.142. The van der Waals surface area contributed by atoms with E-state index in [2.05, 4.69) is 21.2 Å². The quantitative estimate of drug-likeness (QED) is 0.288. The minimum absolute atomic E-state index is 0.0981. The predicted molar refractivity (Wildman–Crippen MR) is 144 cm³/mol. The first-order valence-corrected chi connectivity index (χ1v) is 12.8. The number of nitrogens with zero attached hydrogens (tertiary/aromatic N) is 1. The van der Waals surface area contributed by atoms with E-state index < -0.39 is 6.04 Å². The molecule has 0 aliphatic carbocycles. The van der Waals surface area contributed by atoms with Gasteiger partial charge in [-0.1, -0.05) is 87.1 Å². The van der Waals surface area contributed by atoms with Crippen molar-refractivity contribution in [3.63, 3.8) is 0 Å². The highest BCUT2D eigenvalue weighted by molar-refractivity contribution is 9.10. The summed E-state index contributed by atoms with van der Waals surface area (Å²) in [7, 11) is 0. The molecule has 3 rings (SSSR count). The molecule has 1 N–H and O–H groups in total. The summed E-state index contributed by atoms with van der Waals surface area (Å²) in [6.07, 6.45) is 0.322. The lowest BCUT2D eigenvalue weighted by Gasteiger charge is -2.31. The van der Waals surface area contributed by atoms with E-state index in [0.29, 0.717) is 39.3 Å². The molecule has 5 nitrogen and oxygen atoms in total. The number of carbonyl (C=O) groups is 2. The predicted octanol–water partition coefficient (Wildman–Crippen LogP) is 6.56. The minimum atomic E-state index is -0.791. The number of likely N-dealkylation sites (N-methyl/N-ethyl adjacent to an activating group) is 1. The van der Waals surface area contributed by atoms with Gasteiger partial charge in [-0.3, -0.25) is 9.59 Å². The van der Waals surface area contributed by atoms with Gasteiger partial charge in [0.2, 0.25) is 5.91 Å². The molecular weight excluding hydrogens is 575 g/mol. The highest BCUT2D eigenvalue weighted by Crippen LogP contribution is 2.28. The molecule has 35 heavy (non-hydrogen) atoms. The summed E-state index contributed by atoms with van der Waals surface area (Å²) in [5, 5.41) is 4.10. The maximum Gasteiger partial charge on any atom is 0.261 e. The number of halogens is 4. The van der Waals surface area contributed by atoms with Crippen molar-refractivity contribution >= 4 is 62.5 Å². The monoisotopic (exact) mass is 596 g/mol. The summed E-state index contributed by atoms with van der Waals surface area (Å²) < 4.78 is 6.52. The average Bonchev–Trinajstić information content (AvgIpc) is 2.82. The maximum absolute atomic E-state index is 13.5. The van der Waals surface area contributed by atoms with Gasteiger partial charge >= 0.3 is 0 Å². The third-order valence-electron chi connectivity index (χ3n) is 5.22. The van der Waals surface area contributed by atoms with Crippen LogP contribution in [-0.2, 0) is 22.6 Å². The minimum Gasteiger partial charge on any atom is -0.482 e. The summed E-state index contributed by atoms with van der Waals surface area (Å²) in [4.78, 5) is 28.2. The zero-order valence-electron chi connectivity index (χ0n) is 18.9. The van der Waals surface area contributed by atoms with E-state index in [9.17, 15) is 9.59 Å². The average molecular weight is 599 g/mol. The molecule has 184 valence electrons. The second-order valence-corrected chi connectivity index (χ2v) is 9.89. The number of rotatable bonds is 10. The van der Waals surface area contributed by atoms with Gasteiger partial charge in [0.15, 0.2) is 6.61 Å². The summed E-state index contributed by atoms with van der Waals surface area (Å²) in [6.45, 7) is 2.05. The van der Waals surface area contributed by atoms with Gasteiger partial charge < -0.3 is 15.0 Å². The molecule has 9 heteroatoms. The molecule has 0 radical (unpaired) electrons. The van der Waals surface area contributed by atoms with Crippen LogP contribution in [0.4, 0.5) is 0 Å². The highest BCUT2D eigenvalue weighted by atomic mass is 79.9. The Labute approximate surface area is 228 Å². The molecule has 0 saturated heterocycles. The van der Waals surface area contributed by atoms with Crippen molar-refractivity contribution < 1.29 is 14.3 Å². The fourth-order valence-electron chi connectivity index (χ4n) is 3.49. The third-order valence-corrected chi connectivity index (χ3v) is 6.60. The van der Waals surface area contributed by atoms with Crippen molar-refractivity contribution in [2.75, 3.05) is 13.2 Å². The molecular formula is C26H24BrCl3N2O3. The zero-order chi connectivity index (χ0) is 25.4. The summed E-state index contributed by atoms with van der Waals surface area (Å²) in [6, 6.07) is 18.9. The Hall–Kier alpha value is -2.25. The molecule has 0 heterocycles. The van der Waals surface area contributed by atoms with Crippen LogP contribution in [-0.4, -0.2) is 35.9 Å². The molecule has 0 aliphatic heterocycles. The number of nitrogens with one attached hydrogen (secondary N) is 1. The fraction of sp³-hybridized carbons (Fsp3) is 0.231. The second kappa shape index (κ2) is 13.2. The molecule has 0 spiro atoms.